The van der Waals surface area contributed by atoms with Crippen LogP contribution < -0.4 is 5.32 Å². The molecule has 3 heterocycles. The Kier molecular flexibility index (Phi) is 7.09. The average molecular weight is 423 g/mol. The number of hydrogen-bond donors (Lipinski definition) is 1. The topological polar surface area (TPSA) is 60.6 Å². The number of rotatable bonds is 6. The highest BCUT2D eigenvalue weighted by Crippen LogP contribution is 2.24. The van der Waals surface area contributed by atoms with Gasteiger partial charge < -0.3 is 9.88 Å². The zero-order valence-electron chi connectivity index (χ0n) is 15.7. The lowest BCUT2D eigenvalue weighted by molar-refractivity contribution is 0.363. The Hall–Kier alpha value is -1.90. The second kappa shape index (κ2) is 9.54. The van der Waals surface area contributed by atoms with Gasteiger partial charge in [0.2, 0.25) is 0 Å². The SMILES string of the molecule is Cl.Cn1c(CC2CCNCC2)nnc1SCc1cnn(-c2ccccc2F)c1. The molecule has 0 aliphatic carbocycles. The molecule has 1 aliphatic rings. The highest BCUT2D eigenvalue weighted by molar-refractivity contribution is 7.98. The predicted octanol–water partition coefficient (Wildman–Crippen LogP) is 3.40. The number of aromatic nitrogens is 5. The van der Waals surface area contributed by atoms with E-state index in [2.05, 4.69) is 25.2 Å². The van der Waals surface area contributed by atoms with Crippen LogP contribution in [-0.2, 0) is 19.2 Å². The van der Waals surface area contributed by atoms with E-state index in [9.17, 15) is 4.39 Å². The molecule has 2 aromatic heterocycles. The van der Waals surface area contributed by atoms with Gasteiger partial charge in [-0.15, -0.1) is 22.6 Å². The molecule has 0 spiro atoms. The van der Waals surface area contributed by atoms with Gasteiger partial charge in [-0.3, -0.25) is 0 Å². The highest BCUT2D eigenvalue weighted by Gasteiger charge is 2.18. The van der Waals surface area contributed by atoms with Crippen molar-refractivity contribution in [3.05, 3.63) is 53.9 Å². The minimum Gasteiger partial charge on any atom is -0.317 e. The molecule has 150 valence electrons. The highest BCUT2D eigenvalue weighted by atomic mass is 35.5. The van der Waals surface area contributed by atoms with Crippen LogP contribution in [0.1, 0.15) is 24.2 Å². The standard InChI is InChI=1S/C19H23FN6S.ClH/c1-25-18(10-14-6-8-21-9-7-14)23-24-19(25)27-13-15-11-22-26(12-15)17-5-3-2-4-16(17)20;/h2-5,11-12,14,21H,6-10,13H2,1H3;1H. The van der Waals surface area contributed by atoms with Crippen molar-refractivity contribution in [2.45, 2.75) is 30.2 Å². The average Bonchev–Trinajstić information content (AvgIpc) is 3.29. The molecular formula is C19H24ClFN6S. The normalized spacial score (nSPS) is 14.8. The van der Waals surface area contributed by atoms with E-state index in [4.69, 9.17) is 0 Å². The molecule has 0 radical (unpaired) electrons. The van der Waals surface area contributed by atoms with Crippen LogP contribution >= 0.6 is 24.2 Å². The summed E-state index contributed by atoms with van der Waals surface area (Å²) in [7, 11) is 2.03. The smallest absolute Gasteiger partial charge is 0.191 e. The summed E-state index contributed by atoms with van der Waals surface area (Å²) < 4.78 is 17.6. The summed E-state index contributed by atoms with van der Waals surface area (Å²) in [5.74, 6) is 2.17. The third kappa shape index (κ3) is 4.74. The zero-order chi connectivity index (χ0) is 18.6. The second-order valence-corrected chi connectivity index (χ2v) is 7.83. The Bertz CT molecular complexity index is 905. The van der Waals surface area contributed by atoms with Gasteiger partial charge in [0.15, 0.2) is 5.16 Å². The summed E-state index contributed by atoms with van der Waals surface area (Å²) in [4.78, 5) is 0. The van der Waals surface area contributed by atoms with Crippen LogP contribution in [0.4, 0.5) is 4.39 Å². The van der Waals surface area contributed by atoms with Gasteiger partial charge in [-0.05, 0) is 44.0 Å². The fourth-order valence-corrected chi connectivity index (χ4v) is 4.19. The lowest BCUT2D eigenvalue weighted by atomic mass is 9.94. The summed E-state index contributed by atoms with van der Waals surface area (Å²) in [5, 5.41) is 17.3. The molecule has 1 fully saturated rings. The van der Waals surface area contributed by atoms with E-state index in [0.29, 0.717) is 17.4 Å². The van der Waals surface area contributed by atoms with Crippen molar-refractivity contribution < 1.29 is 4.39 Å². The first kappa shape index (κ1) is 20.8. The van der Waals surface area contributed by atoms with E-state index in [0.717, 1.165) is 36.1 Å². The molecule has 1 saturated heterocycles. The van der Waals surface area contributed by atoms with Crippen LogP contribution in [0.5, 0.6) is 0 Å². The van der Waals surface area contributed by atoms with Gasteiger partial charge in [-0.2, -0.15) is 5.10 Å². The Balaban J connectivity index is 0.00000225. The first-order chi connectivity index (χ1) is 13.2. The molecule has 1 N–H and O–H groups in total. The molecule has 0 amide bonds. The molecule has 0 saturated carbocycles. The molecule has 9 heteroatoms. The van der Waals surface area contributed by atoms with Gasteiger partial charge in [0, 0.05) is 31.0 Å². The number of hydrogen-bond acceptors (Lipinski definition) is 5. The van der Waals surface area contributed by atoms with Crippen LogP contribution in [0.3, 0.4) is 0 Å². The maximum atomic E-state index is 13.9. The van der Waals surface area contributed by atoms with E-state index < -0.39 is 0 Å². The largest absolute Gasteiger partial charge is 0.317 e. The fraction of sp³-hybridized carbons (Fsp3) is 0.421. The Morgan fingerprint density at radius 3 is 2.79 bits per heavy atom. The Labute approximate surface area is 174 Å². The third-order valence-corrected chi connectivity index (χ3v) is 6.05. The zero-order valence-corrected chi connectivity index (χ0v) is 17.3. The molecular weight excluding hydrogens is 399 g/mol. The molecule has 0 atom stereocenters. The maximum Gasteiger partial charge on any atom is 0.191 e. The number of para-hydroxylation sites is 1. The molecule has 28 heavy (non-hydrogen) atoms. The van der Waals surface area contributed by atoms with Crippen molar-refractivity contribution in [1.29, 1.82) is 0 Å². The molecule has 1 aliphatic heterocycles. The minimum absolute atomic E-state index is 0. The van der Waals surface area contributed by atoms with Gasteiger partial charge in [0.05, 0.1) is 6.20 Å². The molecule has 1 aromatic carbocycles. The van der Waals surface area contributed by atoms with Gasteiger partial charge in [0.25, 0.3) is 0 Å². The van der Waals surface area contributed by atoms with Gasteiger partial charge in [-0.25, -0.2) is 9.07 Å². The van der Waals surface area contributed by atoms with E-state index in [1.54, 1.807) is 40.8 Å². The lowest BCUT2D eigenvalue weighted by Crippen LogP contribution is -2.29. The molecule has 4 rings (SSSR count). The third-order valence-electron chi connectivity index (χ3n) is 4.96. The number of benzene rings is 1. The van der Waals surface area contributed by atoms with E-state index in [1.807, 2.05) is 13.2 Å². The van der Waals surface area contributed by atoms with Crippen LogP contribution in [0.15, 0.2) is 41.8 Å². The van der Waals surface area contributed by atoms with Crippen molar-refractivity contribution in [2.75, 3.05) is 13.1 Å². The van der Waals surface area contributed by atoms with E-state index >= 15 is 0 Å². The van der Waals surface area contributed by atoms with Crippen LogP contribution in [0.2, 0.25) is 0 Å². The second-order valence-electron chi connectivity index (χ2n) is 6.89. The van der Waals surface area contributed by atoms with E-state index in [-0.39, 0.29) is 18.2 Å². The number of thioether (sulfide) groups is 1. The summed E-state index contributed by atoms with van der Waals surface area (Å²) in [5.41, 5.74) is 1.47. The quantitative estimate of drug-likeness (QED) is 0.617. The van der Waals surface area contributed by atoms with Gasteiger partial charge in [-0.1, -0.05) is 23.9 Å². The van der Waals surface area contributed by atoms with Gasteiger partial charge >= 0.3 is 0 Å². The fourth-order valence-electron chi connectivity index (χ4n) is 3.34. The summed E-state index contributed by atoms with van der Waals surface area (Å²) in [6, 6.07) is 6.64. The van der Waals surface area contributed by atoms with Crippen molar-refractivity contribution in [2.24, 2.45) is 13.0 Å². The lowest BCUT2D eigenvalue weighted by Gasteiger charge is -2.21. The maximum absolute atomic E-state index is 13.9. The first-order valence-electron chi connectivity index (χ1n) is 9.21. The molecule has 3 aromatic rings. The van der Waals surface area contributed by atoms with Crippen molar-refractivity contribution in [1.82, 2.24) is 29.9 Å². The summed E-state index contributed by atoms with van der Waals surface area (Å²) in [6.45, 7) is 2.19. The summed E-state index contributed by atoms with van der Waals surface area (Å²) >= 11 is 1.63. The molecule has 0 bridgehead atoms. The van der Waals surface area contributed by atoms with Crippen LogP contribution in [0.25, 0.3) is 5.69 Å². The number of nitrogens with zero attached hydrogens (tertiary/aromatic N) is 5. The molecule has 0 unspecified atom stereocenters. The van der Waals surface area contributed by atoms with Crippen molar-refractivity contribution in [3.63, 3.8) is 0 Å². The Morgan fingerprint density at radius 1 is 1.21 bits per heavy atom. The van der Waals surface area contributed by atoms with Crippen molar-refractivity contribution >= 4 is 24.2 Å². The van der Waals surface area contributed by atoms with Crippen LogP contribution in [0, 0.1) is 11.7 Å². The first-order valence-corrected chi connectivity index (χ1v) is 10.2. The summed E-state index contributed by atoms with van der Waals surface area (Å²) in [6.07, 6.45) is 7.01. The molecule has 6 nitrogen and oxygen atoms in total. The van der Waals surface area contributed by atoms with Crippen LogP contribution in [-0.4, -0.2) is 37.6 Å². The minimum atomic E-state index is -0.282. The number of halogens is 2. The Morgan fingerprint density at radius 2 is 2.00 bits per heavy atom. The monoisotopic (exact) mass is 422 g/mol. The number of nitrogens with one attached hydrogen (secondary N) is 1. The van der Waals surface area contributed by atoms with Gasteiger partial charge in [0.1, 0.15) is 17.3 Å². The van der Waals surface area contributed by atoms with Crippen molar-refractivity contribution in [3.8, 4) is 5.69 Å². The van der Waals surface area contributed by atoms with E-state index in [1.165, 1.54) is 18.9 Å². The predicted molar refractivity (Wildman–Crippen MR) is 111 cm³/mol. The number of piperidine rings is 1.